The maximum atomic E-state index is 5.81. The van der Waals surface area contributed by atoms with Crippen molar-refractivity contribution in [1.82, 2.24) is 0 Å². The van der Waals surface area contributed by atoms with Gasteiger partial charge in [0.2, 0.25) is 5.96 Å². The van der Waals surface area contributed by atoms with Gasteiger partial charge in [-0.1, -0.05) is 41.5 Å². The SMILES string of the molecule is CC(C)(C)CCN=C(N)N=C(N)CC(C)(C)C. The summed E-state index contributed by atoms with van der Waals surface area (Å²) in [6.45, 7) is 13.6. The van der Waals surface area contributed by atoms with E-state index in [4.69, 9.17) is 11.5 Å². The Bertz CT molecular complexity index is 290. The fourth-order valence-corrected chi connectivity index (χ4v) is 1.27. The first-order valence-corrected chi connectivity index (χ1v) is 6.13. The molecule has 4 heteroatoms. The molecule has 4 nitrogen and oxygen atoms in total. The van der Waals surface area contributed by atoms with Gasteiger partial charge in [0.15, 0.2) is 0 Å². The smallest absolute Gasteiger partial charge is 0.216 e. The Hall–Kier alpha value is -1.06. The Morgan fingerprint density at radius 1 is 0.941 bits per heavy atom. The lowest BCUT2D eigenvalue weighted by Crippen LogP contribution is -2.24. The highest BCUT2D eigenvalue weighted by atomic mass is 15.1. The van der Waals surface area contributed by atoms with Crippen molar-refractivity contribution in [3.05, 3.63) is 0 Å². The zero-order valence-electron chi connectivity index (χ0n) is 12.2. The van der Waals surface area contributed by atoms with E-state index in [9.17, 15) is 0 Å². The molecule has 0 aliphatic heterocycles. The lowest BCUT2D eigenvalue weighted by molar-refractivity contribution is 0.385. The van der Waals surface area contributed by atoms with Gasteiger partial charge in [0.05, 0.1) is 0 Å². The van der Waals surface area contributed by atoms with Crippen molar-refractivity contribution in [2.24, 2.45) is 32.3 Å². The zero-order chi connectivity index (χ0) is 13.7. The van der Waals surface area contributed by atoms with Crippen molar-refractivity contribution < 1.29 is 0 Å². The number of guanidine groups is 1. The average Bonchev–Trinajstić information content (AvgIpc) is 1.96. The van der Waals surface area contributed by atoms with E-state index in [1.54, 1.807) is 0 Å². The topological polar surface area (TPSA) is 76.8 Å². The number of nitrogens with zero attached hydrogens (tertiary/aromatic N) is 2. The number of aliphatic imine (C=N–C) groups is 2. The lowest BCUT2D eigenvalue weighted by Gasteiger charge is -2.17. The van der Waals surface area contributed by atoms with Crippen molar-refractivity contribution in [1.29, 1.82) is 0 Å². The van der Waals surface area contributed by atoms with E-state index < -0.39 is 0 Å². The van der Waals surface area contributed by atoms with Gasteiger partial charge in [-0.05, 0) is 17.3 Å². The van der Waals surface area contributed by atoms with Crippen LogP contribution in [-0.2, 0) is 0 Å². The van der Waals surface area contributed by atoms with Gasteiger partial charge in [-0.3, -0.25) is 4.99 Å². The molecule has 0 rings (SSSR count). The summed E-state index contributed by atoms with van der Waals surface area (Å²) in [5.74, 6) is 0.838. The fraction of sp³-hybridized carbons (Fsp3) is 0.846. The first kappa shape index (κ1) is 15.9. The van der Waals surface area contributed by atoms with E-state index >= 15 is 0 Å². The van der Waals surface area contributed by atoms with Crippen LogP contribution in [0.3, 0.4) is 0 Å². The first-order valence-electron chi connectivity index (χ1n) is 6.13. The van der Waals surface area contributed by atoms with Gasteiger partial charge < -0.3 is 11.5 Å². The molecule has 0 aliphatic rings. The normalized spacial score (nSPS) is 15.2. The molecular weight excluding hydrogens is 212 g/mol. The Labute approximate surface area is 106 Å². The third-order valence-electron chi connectivity index (χ3n) is 2.11. The third kappa shape index (κ3) is 11.2. The lowest BCUT2D eigenvalue weighted by atomic mass is 9.92. The van der Waals surface area contributed by atoms with Crippen LogP contribution in [0.4, 0.5) is 0 Å². The molecular formula is C13H28N4. The maximum Gasteiger partial charge on any atom is 0.216 e. The Balaban J connectivity index is 4.27. The minimum absolute atomic E-state index is 0.124. The van der Waals surface area contributed by atoms with Crippen molar-refractivity contribution >= 4 is 11.8 Å². The second-order valence-corrected chi connectivity index (χ2v) is 6.89. The van der Waals surface area contributed by atoms with Gasteiger partial charge in [0.1, 0.15) is 5.84 Å². The van der Waals surface area contributed by atoms with Crippen LogP contribution in [-0.4, -0.2) is 18.3 Å². The summed E-state index contributed by atoms with van der Waals surface area (Å²) < 4.78 is 0. The highest BCUT2D eigenvalue weighted by Gasteiger charge is 2.12. The van der Waals surface area contributed by atoms with Crippen LogP contribution in [0.25, 0.3) is 0 Å². The molecule has 0 saturated heterocycles. The minimum atomic E-state index is 0.124. The molecule has 0 bridgehead atoms. The van der Waals surface area contributed by atoms with Gasteiger partial charge in [-0.15, -0.1) is 0 Å². The average molecular weight is 240 g/mol. The quantitative estimate of drug-likeness (QED) is 0.587. The number of hydrogen-bond acceptors (Lipinski definition) is 1. The van der Waals surface area contributed by atoms with Crippen molar-refractivity contribution in [2.75, 3.05) is 6.54 Å². The minimum Gasteiger partial charge on any atom is -0.387 e. The summed E-state index contributed by atoms with van der Waals surface area (Å²) in [6.07, 6.45) is 1.71. The molecule has 0 saturated carbocycles. The molecule has 0 aromatic heterocycles. The summed E-state index contributed by atoms with van der Waals surface area (Å²) >= 11 is 0. The highest BCUT2D eigenvalue weighted by molar-refractivity contribution is 5.94. The highest BCUT2D eigenvalue weighted by Crippen LogP contribution is 2.18. The first-order chi connectivity index (χ1) is 7.49. The van der Waals surface area contributed by atoms with Crippen LogP contribution >= 0.6 is 0 Å². The van der Waals surface area contributed by atoms with Gasteiger partial charge in [-0.25, -0.2) is 4.99 Å². The van der Waals surface area contributed by atoms with E-state index in [1.807, 2.05) is 0 Å². The van der Waals surface area contributed by atoms with E-state index in [2.05, 4.69) is 51.5 Å². The van der Waals surface area contributed by atoms with Crippen molar-refractivity contribution in [2.45, 2.75) is 54.4 Å². The second-order valence-electron chi connectivity index (χ2n) is 6.89. The molecule has 0 heterocycles. The maximum absolute atomic E-state index is 5.81. The summed E-state index contributed by atoms with van der Waals surface area (Å²) in [4.78, 5) is 8.31. The summed E-state index contributed by atoms with van der Waals surface area (Å²) in [6, 6.07) is 0. The molecule has 0 spiro atoms. The molecule has 17 heavy (non-hydrogen) atoms. The number of amidine groups is 1. The van der Waals surface area contributed by atoms with Crippen LogP contribution in [0.5, 0.6) is 0 Å². The molecule has 4 N–H and O–H groups in total. The second kappa shape index (κ2) is 6.03. The van der Waals surface area contributed by atoms with Crippen LogP contribution in [0.2, 0.25) is 0 Å². The van der Waals surface area contributed by atoms with Crippen molar-refractivity contribution in [3.63, 3.8) is 0 Å². The molecule has 0 aliphatic carbocycles. The molecule has 0 fully saturated rings. The van der Waals surface area contributed by atoms with Crippen LogP contribution in [0, 0.1) is 10.8 Å². The van der Waals surface area contributed by atoms with Crippen LogP contribution in [0.15, 0.2) is 9.98 Å². The largest absolute Gasteiger partial charge is 0.387 e. The summed E-state index contributed by atoms with van der Waals surface area (Å²) in [5, 5.41) is 0. The summed E-state index contributed by atoms with van der Waals surface area (Å²) in [7, 11) is 0. The predicted octanol–water partition coefficient (Wildman–Crippen LogP) is 2.53. The van der Waals surface area contributed by atoms with Gasteiger partial charge in [0.25, 0.3) is 0 Å². The molecule has 0 aromatic rings. The van der Waals surface area contributed by atoms with E-state index in [0.29, 0.717) is 12.4 Å². The standard InChI is InChI=1S/C13H28N4/c1-12(2,3)7-8-16-11(15)17-10(14)9-13(4,5)6/h7-9H2,1-6H3,(H4,14,15,16,17). The molecule has 0 amide bonds. The molecule has 0 atom stereocenters. The third-order valence-corrected chi connectivity index (χ3v) is 2.11. The number of nitrogens with two attached hydrogens (primary N) is 2. The Morgan fingerprint density at radius 3 is 1.88 bits per heavy atom. The molecule has 0 aromatic carbocycles. The Morgan fingerprint density at radius 2 is 1.47 bits per heavy atom. The van der Waals surface area contributed by atoms with Crippen LogP contribution < -0.4 is 11.5 Å². The number of hydrogen-bond donors (Lipinski definition) is 2. The van der Waals surface area contributed by atoms with E-state index in [1.165, 1.54) is 0 Å². The van der Waals surface area contributed by atoms with Gasteiger partial charge in [0, 0.05) is 13.0 Å². The van der Waals surface area contributed by atoms with Crippen LogP contribution in [0.1, 0.15) is 54.4 Å². The van der Waals surface area contributed by atoms with Crippen molar-refractivity contribution in [3.8, 4) is 0 Å². The van der Waals surface area contributed by atoms with Gasteiger partial charge >= 0.3 is 0 Å². The predicted molar refractivity (Wildman–Crippen MR) is 76.3 cm³/mol. The van der Waals surface area contributed by atoms with E-state index in [0.717, 1.165) is 12.8 Å². The van der Waals surface area contributed by atoms with Gasteiger partial charge in [-0.2, -0.15) is 0 Å². The molecule has 0 unspecified atom stereocenters. The zero-order valence-corrected chi connectivity index (χ0v) is 12.2. The Kier molecular flexibility index (Phi) is 5.66. The van der Waals surface area contributed by atoms with E-state index in [-0.39, 0.29) is 16.8 Å². The fourth-order valence-electron chi connectivity index (χ4n) is 1.27. The number of rotatable bonds is 3. The molecule has 0 radical (unpaired) electrons. The summed E-state index contributed by atoms with van der Waals surface area (Å²) in [5.41, 5.74) is 11.9. The molecule has 100 valence electrons. The monoisotopic (exact) mass is 240 g/mol.